The van der Waals surface area contributed by atoms with Gasteiger partial charge in [-0.2, -0.15) is 0 Å². The third kappa shape index (κ3) is 5.13. The highest BCUT2D eigenvalue weighted by atomic mass is 35.5. The van der Waals surface area contributed by atoms with Gasteiger partial charge in [-0.05, 0) is 72.4 Å². The maximum Gasteiger partial charge on any atom is 0.294 e. The van der Waals surface area contributed by atoms with Crippen molar-refractivity contribution in [3.63, 3.8) is 0 Å². The Labute approximate surface area is 200 Å². The van der Waals surface area contributed by atoms with E-state index in [4.69, 9.17) is 11.6 Å². The molecule has 1 aliphatic heterocycles. The number of imide groups is 1. The van der Waals surface area contributed by atoms with Gasteiger partial charge >= 0.3 is 0 Å². The highest BCUT2D eigenvalue weighted by Crippen LogP contribution is 2.32. The van der Waals surface area contributed by atoms with Crippen LogP contribution in [0, 0.1) is 0 Å². The molecule has 0 saturated carbocycles. The van der Waals surface area contributed by atoms with E-state index < -0.39 is 17.1 Å². The lowest BCUT2D eigenvalue weighted by molar-refractivity contribution is -0.127. The van der Waals surface area contributed by atoms with Crippen LogP contribution >= 0.6 is 23.4 Å². The van der Waals surface area contributed by atoms with Gasteiger partial charge in [-0.1, -0.05) is 17.7 Å². The van der Waals surface area contributed by atoms with Crippen molar-refractivity contribution in [2.24, 2.45) is 0 Å². The summed E-state index contributed by atoms with van der Waals surface area (Å²) in [5, 5.41) is 2.64. The van der Waals surface area contributed by atoms with Crippen molar-refractivity contribution in [3.05, 3.63) is 82.5 Å². The minimum absolute atomic E-state index is 0.264. The number of halogens is 1. The zero-order valence-corrected chi connectivity index (χ0v) is 19.6. The smallest absolute Gasteiger partial charge is 0.294 e. The van der Waals surface area contributed by atoms with Gasteiger partial charge in [0.15, 0.2) is 0 Å². The van der Waals surface area contributed by atoms with Gasteiger partial charge in [-0.25, -0.2) is 0 Å². The fraction of sp³-hybridized carbons (Fsp3) is 0.125. The summed E-state index contributed by atoms with van der Waals surface area (Å²) in [7, 11) is 3.95. The highest BCUT2D eigenvalue weighted by Gasteiger charge is 2.36. The van der Waals surface area contributed by atoms with Crippen LogP contribution < -0.4 is 10.2 Å². The number of rotatable bonds is 6. The summed E-state index contributed by atoms with van der Waals surface area (Å²) < 4.78 is 1.93. The lowest BCUT2D eigenvalue weighted by atomic mass is 10.2. The molecule has 0 atom stereocenters. The van der Waals surface area contributed by atoms with E-state index in [0.717, 1.165) is 33.7 Å². The average Bonchev–Trinajstić information content (AvgIpc) is 3.34. The van der Waals surface area contributed by atoms with Crippen LogP contribution in [0.15, 0.2) is 71.8 Å². The average molecular weight is 481 g/mol. The second-order valence-electron chi connectivity index (χ2n) is 7.54. The molecule has 7 nitrogen and oxygen atoms in total. The molecule has 3 aromatic rings. The molecule has 33 heavy (non-hydrogen) atoms. The van der Waals surface area contributed by atoms with Crippen LogP contribution in [0.2, 0.25) is 5.02 Å². The molecule has 3 amide bonds. The Kier molecular flexibility index (Phi) is 6.57. The first-order chi connectivity index (χ1) is 15.8. The molecule has 0 spiro atoms. The van der Waals surface area contributed by atoms with Crippen molar-refractivity contribution < 1.29 is 14.4 Å². The maximum absolute atomic E-state index is 12.9. The van der Waals surface area contributed by atoms with Crippen LogP contribution in [0.5, 0.6) is 0 Å². The Morgan fingerprint density at radius 1 is 1.09 bits per heavy atom. The van der Waals surface area contributed by atoms with Gasteiger partial charge < -0.3 is 14.8 Å². The quantitative estimate of drug-likeness (QED) is 0.509. The van der Waals surface area contributed by atoms with Gasteiger partial charge in [-0.3, -0.25) is 19.3 Å². The first kappa shape index (κ1) is 22.7. The topological polar surface area (TPSA) is 74.7 Å². The van der Waals surface area contributed by atoms with Crippen LogP contribution in [0.25, 0.3) is 11.8 Å². The molecule has 0 aliphatic carbocycles. The molecule has 0 bridgehead atoms. The predicted octanol–water partition coefficient (Wildman–Crippen LogP) is 4.87. The predicted molar refractivity (Wildman–Crippen MR) is 133 cm³/mol. The van der Waals surface area contributed by atoms with Crippen LogP contribution in [-0.4, -0.2) is 47.2 Å². The minimum Gasteiger partial charge on any atom is -0.378 e. The van der Waals surface area contributed by atoms with E-state index in [-0.39, 0.29) is 11.4 Å². The molecule has 1 aliphatic rings. The molecule has 1 aromatic heterocycles. The van der Waals surface area contributed by atoms with E-state index in [2.05, 4.69) is 5.32 Å². The van der Waals surface area contributed by atoms with Gasteiger partial charge in [0.1, 0.15) is 6.54 Å². The second-order valence-corrected chi connectivity index (χ2v) is 8.97. The molecule has 1 fully saturated rings. The van der Waals surface area contributed by atoms with E-state index in [1.165, 1.54) is 0 Å². The van der Waals surface area contributed by atoms with Gasteiger partial charge in [0.05, 0.1) is 4.91 Å². The lowest BCUT2D eigenvalue weighted by Gasteiger charge is -2.14. The molecule has 2 aromatic carbocycles. The van der Waals surface area contributed by atoms with E-state index >= 15 is 0 Å². The summed E-state index contributed by atoms with van der Waals surface area (Å²) in [5.74, 6) is -0.980. The van der Waals surface area contributed by atoms with Crippen LogP contribution in [0.3, 0.4) is 0 Å². The first-order valence-electron chi connectivity index (χ1n) is 10.1. The van der Waals surface area contributed by atoms with E-state index in [1.807, 2.05) is 66.2 Å². The zero-order chi connectivity index (χ0) is 23.5. The van der Waals surface area contributed by atoms with Crippen molar-refractivity contribution in [2.75, 3.05) is 30.9 Å². The van der Waals surface area contributed by atoms with Crippen molar-refractivity contribution in [2.45, 2.75) is 0 Å². The van der Waals surface area contributed by atoms with Crippen molar-refractivity contribution in [3.8, 4) is 5.69 Å². The molecule has 1 saturated heterocycles. The Morgan fingerprint density at radius 2 is 1.85 bits per heavy atom. The van der Waals surface area contributed by atoms with Crippen molar-refractivity contribution in [1.82, 2.24) is 9.47 Å². The Balaban J connectivity index is 1.49. The normalized spacial score (nSPS) is 14.8. The number of benzene rings is 2. The number of nitrogens with one attached hydrogen (secondary N) is 1. The number of carbonyl (C=O) groups excluding carboxylic acids is 3. The number of hydrogen-bond donors (Lipinski definition) is 1. The van der Waals surface area contributed by atoms with E-state index in [0.29, 0.717) is 10.7 Å². The number of nitrogens with zero attached hydrogens (tertiary/aromatic N) is 3. The summed E-state index contributed by atoms with van der Waals surface area (Å²) in [6.07, 6.45) is 3.55. The standard InChI is InChI=1S/C24H21ClN4O3S/c1-27(2)18-8-10-19(11-9-18)28-12-4-7-20(28)14-21-23(31)29(24(32)33-21)15-22(30)26-17-6-3-5-16(25)13-17/h3-14H,15H2,1-2H3,(H,26,30)/b21-14-. The number of amides is 3. The van der Waals surface area contributed by atoms with Crippen LogP contribution in [-0.2, 0) is 9.59 Å². The lowest BCUT2D eigenvalue weighted by Crippen LogP contribution is -2.36. The summed E-state index contributed by atoms with van der Waals surface area (Å²) in [6.45, 7) is -0.373. The molecule has 168 valence electrons. The Morgan fingerprint density at radius 3 is 2.55 bits per heavy atom. The van der Waals surface area contributed by atoms with Gasteiger partial charge in [0, 0.05) is 48.1 Å². The van der Waals surface area contributed by atoms with Crippen molar-refractivity contribution in [1.29, 1.82) is 0 Å². The molecular weight excluding hydrogens is 460 g/mol. The number of aromatic nitrogens is 1. The monoisotopic (exact) mass is 480 g/mol. The molecule has 0 radical (unpaired) electrons. The third-order valence-electron chi connectivity index (χ3n) is 4.99. The largest absolute Gasteiger partial charge is 0.378 e. The van der Waals surface area contributed by atoms with E-state index in [1.54, 1.807) is 30.3 Å². The van der Waals surface area contributed by atoms with Gasteiger partial charge in [0.25, 0.3) is 11.1 Å². The number of carbonyl (C=O) groups is 3. The van der Waals surface area contributed by atoms with Gasteiger partial charge in [-0.15, -0.1) is 0 Å². The highest BCUT2D eigenvalue weighted by molar-refractivity contribution is 8.18. The summed E-state index contributed by atoms with van der Waals surface area (Å²) in [4.78, 5) is 40.9. The molecule has 4 rings (SSSR count). The summed E-state index contributed by atoms with van der Waals surface area (Å²) in [6, 6.07) is 18.4. The fourth-order valence-electron chi connectivity index (χ4n) is 3.34. The molecular formula is C24H21ClN4O3S. The second kappa shape index (κ2) is 9.56. The Bertz CT molecular complexity index is 1250. The zero-order valence-electron chi connectivity index (χ0n) is 18.0. The molecule has 0 unspecified atom stereocenters. The van der Waals surface area contributed by atoms with Crippen molar-refractivity contribution >= 4 is 57.9 Å². The molecule has 9 heteroatoms. The summed E-state index contributed by atoms with van der Waals surface area (Å²) >= 11 is 6.74. The molecule has 2 heterocycles. The number of anilines is 2. The number of thioether (sulfide) groups is 1. The Hall–Kier alpha value is -3.49. The first-order valence-corrected chi connectivity index (χ1v) is 11.3. The fourth-order valence-corrected chi connectivity index (χ4v) is 4.35. The SMILES string of the molecule is CN(C)c1ccc(-n2cccc2/C=C2\SC(=O)N(CC(=O)Nc3cccc(Cl)c3)C2=O)cc1. The minimum atomic E-state index is -0.498. The third-order valence-corrected chi connectivity index (χ3v) is 6.13. The maximum atomic E-state index is 12.9. The van der Waals surface area contributed by atoms with Crippen LogP contribution in [0.4, 0.5) is 16.2 Å². The number of hydrogen-bond acceptors (Lipinski definition) is 5. The summed E-state index contributed by atoms with van der Waals surface area (Å²) in [5.41, 5.74) is 3.25. The van der Waals surface area contributed by atoms with Gasteiger partial charge in [0.2, 0.25) is 5.91 Å². The van der Waals surface area contributed by atoms with Crippen LogP contribution in [0.1, 0.15) is 5.69 Å². The van der Waals surface area contributed by atoms with E-state index in [9.17, 15) is 14.4 Å². The molecule has 1 N–H and O–H groups in total.